The van der Waals surface area contributed by atoms with Crippen LogP contribution in [0.1, 0.15) is 71.3 Å². The second-order valence-electron chi connectivity index (χ2n) is 7.28. The highest BCUT2D eigenvalue weighted by molar-refractivity contribution is 5.30. The number of rotatable bonds is 9. The van der Waals surface area contributed by atoms with Crippen LogP contribution in [-0.4, -0.2) is 0 Å². The van der Waals surface area contributed by atoms with Crippen molar-refractivity contribution in [3.8, 4) is 0 Å². The molecule has 1 aromatic rings. The molecule has 23 heavy (non-hydrogen) atoms. The molecule has 1 aliphatic carbocycles. The van der Waals surface area contributed by atoms with Crippen LogP contribution >= 0.6 is 0 Å². The van der Waals surface area contributed by atoms with Crippen LogP contribution in [0.5, 0.6) is 0 Å². The lowest BCUT2D eigenvalue weighted by atomic mass is 9.77. The normalized spacial score (nSPS) is 15.1. The number of hydrogen-bond donors (Lipinski definition) is 0. The van der Waals surface area contributed by atoms with Gasteiger partial charge in [0.05, 0.1) is 5.76 Å². The van der Waals surface area contributed by atoms with Crippen molar-refractivity contribution < 1.29 is 4.74 Å². The molecule has 0 amide bonds. The van der Waals surface area contributed by atoms with Gasteiger partial charge in [0, 0.05) is 6.42 Å². The summed E-state index contributed by atoms with van der Waals surface area (Å²) in [5.41, 5.74) is 2.96. The van der Waals surface area contributed by atoms with Crippen molar-refractivity contribution in [1.82, 2.24) is 0 Å². The van der Waals surface area contributed by atoms with E-state index in [1.165, 1.54) is 43.2 Å². The zero-order valence-corrected chi connectivity index (χ0v) is 15.1. The van der Waals surface area contributed by atoms with Crippen LogP contribution in [0.3, 0.4) is 0 Å². The third kappa shape index (κ3) is 5.89. The average molecular weight is 312 g/mol. The number of unbranched alkanes of at least 4 members (excludes halogenated alkanes) is 3. The molecule has 1 nitrogen and oxygen atoms in total. The van der Waals surface area contributed by atoms with E-state index in [1.807, 2.05) is 6.07 Å². The zero-order chi connectivity index (χ0) is 16.5. The molecular weight excluding hydrogens is 280 g/mol. The van der Waals surface area contributed by atoms with Gasteiger partial charge in [-0.3, -0.25) is 0 Å². The standard InChI is InChI=1S/C22H32O/c1-4-5-6-10-16-22(2,3)20-14-11-15-21(17-20)23-18-19-12-8-7-9-13-19/h7-9,12-14,17H,4-6,10-11,15-16,18H2,1-3H3. The largest absolute Gasteiger partial charge is 0.493 e. The quantitative estimate of drug-likeness (QED) is 0.455. The van der Waals surface area contributed by atoms with Gasteiger partial charge in [-0.1, -0.05) is 82.9 Å². The van der Waals surface area contributed by atoms with Gasteiger partial charge in [0.1, 0.15) is 6.61 Å². The van der Waals surface area contributed by atoms with Gasteiger partial charge in [0.2, 0.25) is 0 Å². The summed E-state index contributed by atoms with van der Waals surface area (Å²) in [5.74, 6) is 1.15. The van der Waals surface area contributed by atoms with E-state index in [2.05, 4.69) is 57.2 Å². The van der Waals surface area contributed by atoms with E-state index in [0.29, 0.717) is 6.61 Å². The molecule has 0 atom stereocenters. The van der Waals surface area contributed by atoms with E-state index in [-0.39, 0.29) is 5.41 Å². The molecular formula is C22H32O. The van der Waals surface area contributed by atoms with Gasteiger partial charge in [-0.05, 0) is 35.5 Å². The lowest BCUT2D eigenvalue weighted by Gasteiger charge is -2.29. The maximum atomic E-state index is 6.06. The molecule has 1 aliphatic rings. The molecule has 0 radical (unpaired) electrons. The van der Waals surface area contributed by atoms with Crippen LogP contribution in [0, 0.1) is 5.41 Å². The minimum Gasteiger partial charge on any atom is -0.493 e. The van der Waals surface area contributed by atoms with Crippen LogP contribution in [0.4, 0.5) is 0 Å². The van der Waals surface area contributed by atoms with Crippen molar-refractivity contribution in [2.45, 2.75) is 72.3 Å². The first kappa shape index (κ1) is 17.8. The molecule has 0 heterocycles. The minimum absolute atomic E-state index is 0.259. The van der Waals surface area contributed by atoms with Gasteiger partial charge in [-0.25, -0.2) is 0 Å². The van der Waals surface area contributed by atoms with Crippen molar-refractivity contribution in [2.75, 3.05) is 0 Å². The van der Waals surface area contributed by atoms with Gasteiger partial charge in [-0.2, -0.15) is 0 Å². The fraction of sp³-hybridized carbons (Fsp3) is 0.545. The number of ether oxygens (including phenoxy) is 1. The summed E-state index contributed by atoms with van der Waals surface area (Å²) in [6.45, 7) is 7.70. The zero-order valence-electron chi connectivity index (χ0n) is 15.1. The Hall–Kier alpha value is -1.50. The van der Waals surface area contributed by atoms with E-state index in [0.717, 1.165) is 18.6 Å². The monoisotopic (exact) mass is 312 g/mol. The predicted octanol–water partition coefficient (Wildman–Crippen LogP) is 6.80. The molecule has 126 valence electrons. The van der Waals surface area contributed by atoms with Crippen LogP contribution in [0.25, 0.3) is 0 Å². The molecule has 0 aliphatic heterocycles. The van der Waals surface area contributed by atoms with Gasteiger partial charge in [0.15, 0.2) is 0 Å². The Morgan fingerprint density at radius 3 is 2.57 bits per heavy atom. The van der Waals surface area contributed by atoms with Crippen molar-refractivity contribution in [2.24, 2.45) is 5.41 Å². The highest BCUT2D eigenvalue weighted by atomic mass is 16.5. The summed E-state index contributed by atoms with van der Waals surface area (Å²) in [5, 5.41) is 0. The van der Waals surface area contributed by atoms with E-state index in [9.17, 15) is 0 Å². The number of benzene rings is 1. The molecule has 2 rings (SSSR count). The molecule has 0 saturated carbocycles. The summed E-state index contributed by atoms with van der Waals surface area (Å²) < 4.78 is 6.06. The SMILES string of the molecule is CCCCCCC(C)(C)C1=CCCC(OCc2ccccc2)=C1. The van der Waals surface area contributed by atoms with Crippen LogP contribution in [0.15, 0.2) is 53.8 Å². The Bertz CT molecular complexity index is 522. The molecule has 0 N–H and O–H groups in total. The Labute approximate surface area is 142 Å². The van der Waals surface area contributed by atoms with Crippen LogP contribution < -0.4 is 0 Å². The topological polar surface area (TPSA) is 9.23 Å². The molecule has 0 unspecified atom stereocenters. The third-order valence-corrected chi connectivity index (χ3v) is 4.78. The summed E-state index contributed by atoms with van der Waals surface area (Å²) in [7, 11) is 0. The van der Waals surface area contributed by atoms with Gasteiger partial charge >= 0.3 is 0 Å². The second kappa shape index (κ2) is 8.96. The first-order valence-electron chi connectivity index (χ1n) is 9.20. The maximum Gasteiger partial charge on any atom is 0.113 e. The number of hydrogen-bond acceptors (Lipinski definition) is 1. The smallest absolute Gasteiger partial charge is 0.113 e. The Morgan fingerprint density at radius 1 is 1.04 bits per heavy atom. The molecule has 0 spiro atoms. The molecule has 1 heteroatoms. The van der Waals surface area contributed by atoms with Crippen molar-refractivity contribution in [3.63, 3.8) is 0 Å². The molecule has 1 aromatic carbocycles. The second-order valence-corrected chi connectivity index (χ2v) is 7.28. The summed E-state index contributed by atoms with van der Waals surface area (Å²) in [6.07, 6.45) is 13.5. The predicted molar refractivity (Wildman–Crippen MR) is 99.2 cm³/mol. The molecule has 0 bridgehead atoms. The lowest BCUT2D eigenvalue weighted by Crippen LogP contribution is -2.16. The maximum absolute atomic E-state index is 6.06. The first-order valence-corrected chi connectivity index (χ1v) is 9.20. The minimum atomic E-state index is 0.259. The van der Waals surface area contributed by atoms with E-state index >= 15 is 0 Å². The summed E-state index contributed by atoms with van der Waals surface area (Å²) in [6, 6.07) is 10.4. The summed E-state index contributed by atoms with van der Waals surface area (Å²) in [4.78, 5) is 0. The fourth-order valence-electron chi connectivity index (χ4n) is 3.15. The summed E-state index contributed by atoms with van der Waals surface area (Å²) >= 11 is 0. The molecule has 0 aromatic heterocycles. The average Bonchev–Trinajstić information content (AvgIpc) is 2.58. The van der Waals surface area contributed by atoms with Gasteiger partial charge in [0.25, 0.3) is 0 Å². The lowest BCUT2D eigenvalue weighted by molar-refractivity contribution is 0.186. The Kier molecular flexibility index (Phi) is 6.95. The highest BCUT2D eigenvalue weighted by Crippen LogP contribution is 2.37. The Balaban J connectivity index is 1.89. The molecule has 0 saturated heterocycles. The Morgan fingerprint density at radius 2 is 1.83 bits per heavy atom. The first-order chi connectivity index (χ1) is 11.1. The fourth-order valence-corrected chi connectivity index (χ4v) is 3.15. The van der Waals surface area contributed by atoms with E-state index in [1.54, 1.807) is 0 Å². The van der Waals surface area contributed by atoms with Crippen LogP contribution in [0.2, 0.25) is 0 Å². The third-order valence-electron chi connectivity index (χ3n) is 4.78. The highest BCUT2D eigenvalue weighted by Gasteiger charge is 2.23. The van der Waals surface area contributed by atoms with Crippen molar-refractivity contribution in [3.05, 3.63) is 59.4 Å². The van der Waals surface area contributed by atoms with Gasteiger partial charge < -0.3 is 4.74 Å². The molecule has 0 fully saturated rings. The number of allylic oxidation sites excluding steroid dienone is 4. The van der Waals surface area contributed by atoms with E-state index < -0.39 is 0 Å². The van der Waals surface area contributed by atoms with E-state index in [4.69, 9.17) is 4.74 Å². The van der Waals surface area contributed by atoms with Crippen molar-refractivity contribution >= 4 is 0 Å². The van der Waals surface area contributed by atoms with Gasteiger partial charge in [-0.15, -0.1) is 0 Å². The van der Waals surface area contributed by atoms with Crippen LogP contribution in [-0.2, 0) is 11.3 Å². The van der Waals surface area contributed by atoms with Crippen molar-refractivity contribution in [1.29, 1.82) is 0 Å².